The van der Waals surface area contributed by atoms with Gasteiger partial charge in [-0.2, -0.15) is 0 Å². The number of hydrogen-bond acceptors (Lipinski definition) is 2. The first-order chi connectivity index (χ1) is 8.83. The van der Waals surface area contributed by atoms with Crippen molar-refractivity contribution in [2.75, 3.05) is 6.61 Å². The van der Waals surface area contributed by atoms with Gasteiger partial charge in [0, 0.05) is 17.0 Å². The van der Waals surface area contributed by atoms with E-state index >= 15 is 0 Å². The third kappa shape index (κ3) is 1.23. The van der Waals surface area contributed by atoms with Crippen molar-refractivity contribution in [2.45, 2.75) is 12.6 Å². The minimum atomic E-state index is -0.203. The van der Waals surface area contributed by atoms with E-state index in [-0.39, 0.29) is 12.1 Å². The van der Waals surface area contributed by atoms with Crippen LogP contribution in [0.25, 0.3) is 11.3 Å². The molecule has 2 aromatic rings. The maximum Gasteiger partial charge on any atom is 0.410 e. The van der Waals surface area contributed by atoms with Gasteiger partial charge in [0.25, 0.3) is 0 Å². The first-order valence-electron chi connectivity index (χ1n) is 6.03. The number of amides is 1. The number of nitrogens with one attached hydrogen (secondary N) is 1. The quantitative estimate of drug-likeness (QED) is 0.833. The van der Waals surface area contributed by atoms with Crippen molar-refractivity contribution in [1.82, 2.24) is 9.88 Å². The molecular weight excluding hydrogens is 228 g/mol. The number of H-pyrrole nitrogens is 1. The summed E-state index contributed by atoms with van der Waals surface area (Å²) in [6.45, 7) is 1.10. The Hall–Kier alpha value is -2.23. The van der Waals surface area contributed by atoms with Gasteiger partial charge in [0.15, 0.2) is 0 Å². The molecule has 1 saturated heterocycles. The van der Waals surface area contributed by atoms with E-state index in [1.165, 1.54) is 11.1 Å². The van der Waals surface area contributed by atoms with Gasteiger partial charge in [-0.15, -0.1) is 0 Å². The summed E-state index contributed by atoms with van der Waals surface area (Å²) in [5.74, 6) is 0. The zero-order valence-corrected chi connectivity index (χ0v) is 9.72. The van der Waals surface area contributed by atoms with Crippen molar-refractivity contribution < 1.29 is 9.53 Å². The summed E-state index contributed by atoms with van der Waals surface area (Å²) in [5.41, 5.74) is 4.61. The Kier molecular flexibility index (Phi) is 1.84. The molecule has 0 saturated carbocycles. The summed E-state index contributed by atoms with van der Waals surface area (Å²) in [6, 6.07) is 12.4. The van der Waals surface area contributed by atoms with Crippen molar-refractivity contribution in [2.24, 2.45) is 0 Å². The normalized spacial score (nSPS) is 20.8. The lowest BCUT2D eigenvalue weighted by atomic mass is 10.1. The van der Waals surface area contributed by atoms with E-state index in [0.29, 0.717) is 13.2 Å². The average Bonchev–Trinajstić information content (AvgIpc) is 3.03. The van der Waals surface area contributed by atoms with Crippen LogP contribution in [0.15, 0.2) is 36.4 Å². The number of benzene rings is 1. The minimum Gasteiger partial charge on any atom is -0.447 e. The second-order valence-corrected chi connectivity index (χ2v) is 4.70. The number of nitrogens with zero attached hydrogens (tertiary/aromatic N) is 1. The van der Waals surface area contributed by atoms with Crippen LogP contribution in [0.5, 0.6) is 0 Å². The highest BCUT2D eigenvalue weighted by atomic mass is 16.6. The van der Waals surface area contributed by atoms with E-state index in [4.69, 9.17) is 4.74 Å². The van der Waals surface area contributed by atoms with Crippen LogP contribution in [0.2, 0.25) is 0 Å². The number of hydrogen-bond donors (Lipinski definition) is 1. The molecule has 18 heavy (non-hydrogen) atoms. The molecule has 1 aromatic carbocycles. The molecule has 2 aliphatic heterocycles. The molecule has 0 spiro atoms. The van der Waals surface area contributed by atoms with Gasteiger partial charge in [-0.05, 0) is 11.6 Å². The van der Waals surface area contributed by atoms with Gasteiger partial charge in [0.05, 0.1) is 12.6 Å². The summed E-state index contributed by atoms with van der Waals surface area (Å²) in [5, 5.41) is 0. The number of carbonyl (C=O) groups excluding carboxylic acids is 1. The number of carbonyl (C=O) groups is 1. The van der Waals surface area contributed by atoms with Crippen LogP contribution < -0.4 is 0 Å². The molecule has 4 nitrogen and oxygen atoms in total. The zero-order chi connectivity index (χ0) is 12.1. The van der Waals surface area contributed by atoms with E-state index in [2.05, 4.69) is 23.2 Å². The fourth-order valence-electron chi connectivity index (χ4n) is 2.77. The molecule has 0 aliphatic carbocycles. The van der Waals surface area contributed by atoms with Crippen LogP contribution >= 0.6 is 0 Å². The second kappa shape index (κ2) is 3.38. The lowest BCUT2D eigenvalue weighted by Gasteiger charge is -2.10. The number of aromatic amines is 1. The molecule has 2 aliphatic rings. The average molecular weight is 240 g/mol. The molecule has 1 unspecified atom stereocenters. The molecule has 1 aromatic heterocycles. The number of cyclic esters (lactones) is 1. The van der Waals surface area contributed by atoms with Gasteiger partial charge >= 0.3 is 6.09 Å². The van der Waals surface area contributed by atoms with Crippen molar-refractivity contribution in [1.29, 1.82) is 0 Å². The summed E-state index contributed by atoms with van der Waals surface area (Å²) < 4.78 is 5.06. The molecule has 3 heterocycles. The lowest BCUT2D eigenvalue weighted by molar-refractivity contribution is 0.157. The summed E-state index contributed by atoms with van der Waals surface area (Å²) in [4.78, 5) is 16.7. The van der Waals surface area contributed by atoms with Gasteiger partial charge in [-0.25, -0.2) is 4.79 Å². The third-order valence-corrected chi connectivity index (χ3v) is 3.68. The Balaban J connectivity index is 1.75. The van der Waals surface area contributed by atoms with Crippen molar-refractivity contribution in [3.05, 3.63) is 47.7 Å². The number of ether oxygens (including phenoxy) is 1. The van der Waals surface area contributed by atoms with E-state index in [1.807, 2.05) is 18.2 Å². The molecule has 0 radical (unpaired) electrons. The largest absolute Gasteiger partial charge is 0.447 e. The number of aromatic nitrogens is 1. The van der Waals surface area contributed by atoms with Crippen LogP contribution in [0.3, 0.4) is 0 Å². The van der Waals surface area contributed by atoms with Gasteiger partial charge in [-0.3, -0.25) is 4.90 Å². The standard InChI is InChI=1S/C14H12N2O2/c17-14-16-7-12-10(13(16)8-18-14)6-11(15-12)9-4-2-1-3-5-9/h1-6,13,15H,7-8H2. The van der Waals surface area contributed by atoms with Crippen LogP contribution in [0.1, 0.15) is 17.3 Å². The van der Waals surface area contributed by atoms with E-state index in [9.17, 15) is 4.79 Å². The Bertz CT molecular complexity index is 618. The zero-order valence-electron chi connectivity index (χ0n) is 9.72. The Morgan fingerprint density at radius 3 is 2.94 bits per heavy atom. The number of fused-ring (bicyclic) bond motifs is 3. The molecule has 1 fully saturated rings. The Morgan fingerprint density at radius 2 is 2.11 bits per heavy atom. The molecule has 1 N–H and O–H groups in total. The van der Waals surface area contributed by atoms with E-state index in [1.54, 1.807) is 4.90 Å². The predicted octanol–water partition coefficient (Wildman–Crippen LogP) is 2.69. The van der Waals surface area contributed by atoms with Gasteiger partial charge < -0.3 is 9.72 Å². The second-order valence-electron chi connectivity index (χ2n) is 4.70. The van der Waals surface area contributed by atoms with Crippen molar-refractivity contribution in [3.8, 4) is 11.3 Å². The van der Waals surface area contributed by atoms with Crippen molar-refractivity contribution in [3.63, 3.8) is 0 Å². The Morgan fingerprint density at radius 1 is 1.28 bits per heavy atom. The third-order valence-electron chi connectivity index (χ3n) is 3.68. The highest BCUT2D eigenvalue weighted by Gasteiger charge is 2.41. The minimum absolute atomic E-state index is 0.0983. The highest BCUT2D eigenvalue weighted by molar-refractivity contribution is 5.73. The maximum absolute atomic E-state index is 11.5. The fourth-order valence-corrected chi connectivity index (χ4v) is 2.77. The Labute approximate surface area is 104 Å². The van der Waals surface area contributed by atoms with Crippen molar-refractivity contribution >= 4 is 6.09 Å². The maximum atomic E-state index is 11.5. The van der Waals surface area contributed by atoms with Crippen LogP contribution in [-0.4, -0.2) is 22.6 Å². The molecule has 4 heteroatoms. The van der Waals surface area contributed by atoms with Crippen LogP contribution in [0, 0.1) is 0 Å². The van der Waals surface area contributed by atoms with Crippen LogP contribution in [0.4, 0.5) is 4.79 Å². The SMILES string of the molecule is O=C1OCC2c3cc(-c4ccccc4)[nH]c3CN12. The fraction of sp³-hybridized carbons (Fsp3) is 0.214. The molecular formula is C14H12N2O2. The summed E-state index contributed by atoms with van der Waals surface area (Å²) >= 11 is 0. The number of rotatable bonds is 1. The molecule has 0 bridgehead atoms. The smallest absolute Gasteiger partial charge is 0.410 e. The summed E-state index contributed by atoms with van der Waals surface area (Å²) in [7, 11) is 0. The molecule has 1 atom stereocenters. The summed E-state index contributed by atoms with van der Waals surface area (Å²) in [6.07, 6.45) is -0.203. The highest BCUT2D eigenvalue weighted by Crippen LogP contribution is 2.39. The molecule has 90 valence electrons. The first-order valence-corrected chi connectivity index (χ1v) is 6.03. The van der Waals surface area contributed by atoms with E-state index < -0.39 is 0 Å². The molecule has 4 rings (SSSR count). The van der Waals surface area contributed by atoms with Gasteiger partial charge in [0.2, 0.25) is 0 Å². The predicted molar refractivity (Wildman–Crippen MR) is 65.9 cm³/mol. The molecule has 1 amide bonds. The monoisotopic (exact) mass is 240 g/mol. The topological polar surface area (TPSA) is 45.3 Å². The van der Waals surface area contributed by atoms with Gasteiger partial charge in [-0.1, -0.05) is 30.3 Å². The lowest BCUT2D eigenvalue weighted by Crippen LogP contribution is -2.20. The first kappa shape index (κ1) is 9.76. The van der Waals surface area contributed by atoms with Crippen LogP contribution in [-0.2, 0) is 11.3 Å². The van der Waals surface area contributed by atoms with E-state index in [0.717, 1.165) is 11.4 Å². The van der Waals surface area contributed by atoms with Gasteiger partial charge in [0.1, 0.15) is 6.61 Å².